The lowest BCUT2D eigenvalue weighted by Gasteiger charge is -2.01. The van der Waals surface area contributed by atoms with Crippen molar-refractivity contribution in [2.75, 3.05) is 0 Å². The summed E-state index contributed by atoms with van der Waals surface area (Å²) in [6, 6.07) is 5.33. The molecule has 16 heavy (non-hydrogen) atoms. The van der Waals surface area contributed by atoms with Crippen LogP contribution < -0.4 is 0 Å². The van der Waals surface area contributed by atoms with E-state index in [0.717, 1.165) is 5.69 Å². The molecule has 0 aliphatic carbocycles. The average Bonchev–Trinajstić information content (AvgIpc) is 2.87. The molecule has 0 aromatic carbocycles. The summed E-state index contributed by atoms with van der Waals surface area (Å²) >= 11 is 0. The third kappa shape index (κ3) is 1.48. The predicted octanol–water partition coefficient (Wildman–Crippen LogP) is 1.98. The normalized spacial score (nSPS) is 10.4. The van der Waals surface area contributed by atoms with E-state index >= 15 is 0 Å². The highest BCUT2D eigenvalue weighted by molar-refractivity contribution is 6.34. The molecule has 0 amide bonds. The second kappa shape index (κ2) is 3.81. The molecule has 82 valence electrons. The average molecular weight is 217 g/mol. The van der Waals surface area contributed by atoms with Gasteiger partial charge in [0.2, 0.25) is 5.78 Å². The van der Waals surface area contributed by atoms with Crippen molar-refractivity contribution in [3.8, 4) is 11.3 Å². The molecule has 0 saturated heterocycles. The van der Waals surface area contributed by atoms with Crippen LogP contribution in [0.25, 0.3) is 11.3 Å². The number of nitrogens with zero attached hydrogens (tertiary/aromatic N) is 1. The molecule has 0 bridgehead atoms. The lowest BCUT2D eigenvalue weighted by atomic mass is 10.1. The van der Waals surface area contributed by atoms with Gasteiger partial charge < -0.3 is 8.98 Å². The summed E-state index contributed by atoms with van der Waals surface area (Å²) < 4.78 is 6.93. The Balaban J connectivity index is 2.66. The molecule has 0 radical (unpaired) electrons. The molecule has 2 aromatic heterocycles. The Morgan fingerprint density at radius 2 is 2.25 bits per heavy atom. The van der Waals surface area contributed by atoms with Gasteiger partial charge in [-0.2, -0.15) is 0 Å². The van der Waals surface area contributed by atoms with Crippen molar-refractivity contribution in [1.82, 2.24) is 4.57 Å². The van der Waals surface area contributed by atoms with Gasteiger partial charge in [0.1, 0.15) is 11.5 Å². The molecule has 0 saturated carbocycles. The maximum absolute atomic E-state index is 11.5. The van der Waals surface area contributed by atoms with E-state index in [9.17, 15) is 9.59 Å². The van der Waals surface area contributed by atoms with Gasteiger partial charge in [0.15, 0.2) is 6.29 Å². The lowest BCUT2D eigenvalue weighted by Crippen LogP contribution is -2.08. The summed E-state index contributed by atoms with van der Waals surface area (Å²) in [4.78, 5) is 22.1. The molecular formula is C12H11NO3. The molecule has 0 atom stereocenters. The van der Waals surface area contributed by atoms with Crippen molar-refractivity contribution in [2.24, 2.45) is 7.05 Å². The number of furan rings is 1. The molecule has 2 heterocycles. The number of hydrogen-bond donors (Lipinski definition) is 0. The third-order valence-corrected chi connectivity index (χ3v) is 2.60. The number of carbonyl (C=O) groups is 2. The Morgan fingerprint density at radius 1 is 1.50 bits per heavy atom. The molecule has 0 spiro atoms. The fourth-order valence-corrected chi connectivity index (χ4v) is 1.70. The molecule has 0 fully saturated rings. The van der Waals surface area contributed by atoms with Crippen LogP contribution >= 0.6 is 0 Å². The van der Waals surface area contributed by atoms with Gasteiger partial charge >= 0.3 is 0 Å². The number of aromatic nitrogens is 1. The van der Waals surface area contributed by atoms with Crippen LogP contribution in [0.15, 0.2) is 28.9 Å². The number of ketones is 1. The van der Waals surface area contributed by atoms with E-state index in [1.807, 2.05) is 13.0 Å². The molecule has 0 aliphatic rings. The Hall–Kier alpha value is -2.10. The maximum atomic E-state index is 11.5. The maximum Gasteiger partial charge on any atom is 0.242 e. The first-order valence-corrected chi connectivity index (χ1v) is 4.85. The number of aldehydes is 1. The van der Waals surface area contributed by atoms with Gasteiger partial charge in [0.05, 0.1) is 6.26 Å². The van der Waals surface area contributed by atoms with Crippen molar-refractivity contribution < 1.29 is 14.0 Å². The number of Topliss-reactive ketones (excluding diaryl/α,β-unsaturated/α-hetero) is 1. The van der Waals surface area contributed by atoms with Crippen molar-refractivity contribution in [3.63, 3.8) is 0 Å². The van der Waals surface area contributed by atoms with Gasteiger partial charge in [-0.05, 0) is 25.1 Å². The van der Waals surface area contributed by atoms with E-state index in [1.54, 1.807) is 23.7 Å². The van der Waals surface area contributed by atoms with Crippen LogP contribution in [0.5, 0.6) is 0 Å². The van der Waals surface area contributed by atoms with Gasteiger partial charge in [-0.1, -0.05) is 0 Å². The number of hydrogen-bond acceptors (Lipinski definition) is 3. The van der Waals surface area contributed by atoms with Crippen molar-refractivity contribution >= 4 is 12.1 Å². The van der Waals surface area contributed by atoms with Gasteiger partial charge in [-0.25, -0.2) is 0 Å². The molecule has 0 aliphatic heterocycles. The molecule has 2 rings (SSSR count). The number of carbonyl (C=O) groups excluding carboxylic acids is 2. The van der Waals surface area contributed by atoms with Gasteiger partial charge in [-0.15, -0.1) is 0 Å². The summed E-state index contributed by atoms with van der Waals surface area (Å²) in [6.07, 6.45) is 1.86. The molecule has 4 nitrogen and oxygen atoms in total. The number of aryl methyl sites for hydroxylation is 1. The zero-order valence-corrected chi connectivity index (χ0v) is 9.06. The molecule has 0 N–H and O–H groups in total. The number of rotatable bonds is 3. The van der Waals surface area contributed by atoms with Crippen molar-refractivity contribution in [2.45, 2.75) is 6.92 Å². The molecule has 2 aromatic rings. The first-order valence-electron chi connectivity index (χ1n) is 4.85. The lowest BCUT2D eigenvalue weighted by molar-refractivity contribution is -0.104. The van der Waals surface area contributed by atoms with Crippen LogP contribution in [0, 0.1) is 6.92 Å². The standard InChI is InChI=1S/C12H11NO3/c1-8-6-9(11-4-3-5-16-11)12(13(8)2)10(15)7-14/h3-7H,1-2H3. The minimum atomic E-state index is -0.540. The first-order chi connectivity index (χ1) is 7.65. The first kappa shape index (κ1) is 10.4. The monoisotopic (exact) mass is 217 g/mol. The Bertz CT molecular complexity index is 535. The smallest absolute Gasteiger partial charge is 0.242 e. The Morgan fingerprint density at radius 3 is 2.81 bits per heavy atom. The summed E-state index contributed by atoms with van der Waals surface area (Å²) in [6.45, 7) is 1.87. The SMILES string of the molecule is Cc1cc(-c2ccco2)c(C(=O)C=O)n1C. The third-order valence-electron chi connectivity index (χ3n) is 2.60. The van der Waals surface area contributed by atoms with Gasteiger partial charge in [0.25, 0.3) is 0 Å². The zero-order valence-electron chi connectivity index (χ0n) is 9.06. The van der Waals surface area contributed by atoms with Crippen LogP contribution in [0.3, 0.4) is 0 Å². The van der Waals surface area contributed by atoms with Gasteiger partial charge in [0, 0.05) is 18.3 Å². The minimum absolute atomic E-state index is 0.321. The fraction of sp³-hybridized carbons (Fsp3) is 0.167. The highest BCUT2D eigenvalue weighted by Crippen LogP contribution is 2.27. The zero-order chi connectivity index (χ0) is 11.7. The van der Waals surface area contributed by atoms with E-state index in [-0.39, 0.29) is 0 Å². The highest BCUT2D eigenvalue weighted by Gasteiger charge is 2.19. The summed E-state index contributed by atoms with van der Waals surface area (Å²) in [5.74, 6) is 0.0518. The second-order valence-electron chi connectivity index (χ2n) is 3.57. The van der Waals surface area contributed by atoms with Crippen LogP contribution in [0.4, 0.5) is 0 Å². The molecule has 0 unspecified atom stereocenters. The molecular weight excluding hydrogens is 206 g/mol. The Kier molecular flexibility index (Phi) is 2.48. The van der Waals surface area contributed by atoms with Crippen molar-refractivity contribution in [1.29, 1.82) is 0 Å². The Labute approximate surface area is 92.5 Å². The van der Waals surface area contributed by atoms with E-state index in [4.69, 9.17) is 4.42 Å². The van der Waals surface area contributed by atoms with Gasteiger partial charge in [-0.3, -0.25) is 9.59 Å². The summed E-state index contributed by atoms with van der Waals surface area (Å²) in [5.41, 5.74) is 1.92. The predicted molar refractivity (Wildman–Crippen MR) is 58.2 cm³/mol. The minimum Gasteiger partial charge on any atom is -0.464 e. The van der Waals surface area contributed by atoms with E-state index < -0.39 is 5.78 Å². The quantitative estimate of drug-likeness (QED) is 0.448. The topological polar surface area (TPSA) is 52.2 Å². The molecule has 4 heteroatoms. The van der Waals surface area contributed by atoms with E-state index in [0.29, 0.717) is 23.3 Å². The van der Waals surface area contributed by atoms with E-state index in [2.05, 4.69) is 0 Å². The highest BCUT2D eigenvalue weighted by atomic mass is 16.3. The van der Waals surface area contributed by atoms with Crippen LogP contribution in [-0.4, -0.2) is 16.6 Å². The second-order valence-corrected chi connectivity index (χ2v) is 3.57. The summed E-state index contributed by atoms with van der Waals surface area (Å²) in [7, 11) is 1.75. The van der Waals surface area contributed by atoms with Crippen LogP contribution in [0.1, 0.15) is 16.2 Å². The largest absolute Gasteiger partial charge is 0.464 e. The summed E-state index contributed by atoms with van der Waals surface area (Å²) in [5, 5.41) is 0. The van der Waals surface area contributed by atoms with Crippen molar-refractivity contribution in [3.05, 3.63) is 35.9 Å². The van der Waals surface area contributed by atoms with Crippen LogP contribution in [-0.2, 0) is 11.8 Å². The van der Waals surface area contributed by atoms with E-state index in [1.165, 1.54) is 6.26 Å². The van der Waals surface area contributed by atoms with Crippen LogP contribution in [0.2, 0.25) is 0 Å². The fourth-order valence-electron chi connectivity index (χ4n) is 1.70.